The molecule has 1 saturated heterocycles. The van der Waals surface area contributed by atoms with Crippen LogP contribution in [-0.2, 0) is 20.8 Å². The van der Waals surface area contributed by atoms with E-state index in [1.54, 1.807) is 14.2 Å². The van der Waals surface area contributed by atoms with Crippen molar-refractivity contribution in [2.45, 2.75) is 32.7 Å². The van der Waals surface area contributed by atoms with E-state index in [2.05, 4.69) is 40.7 Å². The van der Waals surface area contributed by atoms with Crippen molar-refractivity contribution in [3.8, 4) is 5.75 Å². The molecule has 29 heavy (non-hydrogen) atoms. The number of aliphatic imine (C=N–C) groups is 1. The Balaban J connectivity index is 1.65. The molecule has 7 heteroatoms. The Morgan fingerprint density at radius 3 is 2.76 bits per heavy atom. The van der Waals surface area contributed by atoms with Gasteiger partial charge in [-0.05, 0) is 43.7 Å². The number of methoxy groups -OCH3 is 1. The first-order chi connectivity index (χ1) is 14.2. The summed E-state index contributed by atoms with van der Waals surface area (Å²) in [6.45, 7) is 7.97. The molecule has 1 aromatic rings. The van der Waals surface area contributed by atoms with Gasteiger partial charge in [-0.25, -0.2) is 0 Å². The Morgan fingerprint density at radius 2 is 2.00 bits per heavy atom. The third-order valence-electron chi connectivity index (χ3n) is 4.89. The average Bonchev–Trinajstić information content (AvgIpc) is 2.74. The molecule has 0 aromatic heterocycles. The monoisotopic (exact) mass is 407 g/mol. The molecule has 0 saturated carbocycles. The quantitative estimate of drug-likeness (QED) is 0.315. The van der Waals surface area contributed by atoms with Crippen LogP contribution in [0.5, 0.6) is 5.75 Å². The lowest BCUT2D eigenvalue weighted by Crippen LogP contribution is -2.37. The largest absolute Gasteiger partial charge is 0.491 e. The minimum absolute atomic E-state index is 0.536. The first kappa shape index (κ1) is 23.4. The molecule has 0 radical (unpaired) electrons. The van der Waals surface area contributed by atoms with Crippen LogP contribution >= 0.6 is 0 Å². The highest BCUT2D eigenvalue weighted by molar-refractivity contribution is 5.79. The van der Waals surface area contributed by atoms with Gasteiger partial charge in [0.15, 0.2) is 5.96 Å². The predicted octanol–water partition coefficient (Wildman–Crippen LogP) is 2.52. The van der Waals surface area contributed by atoms with E-state index in [1.165, 1.54) is 5.56 Å². The predicted molar refractivity (Wildman–Crippen MR) is 116 cm³/mol. The van der Waals surface area contributed by atoms with E-state index in [0.717, 1.165) is 69.5 Å². The Kier molecular flexibility index (Phi) is 11.5. The zero-order valence-electron chi connectivity index (χ0n) is 18.2. The fourth-order valence-electron chi connectivity index (χ4n) is 3.12. The minimum Gasteiger partial charge on any atom is -0.491 e. The first-order valence-electron chi connectivity index (χ1n) is 10.5. The van der Waals surface area contributed by atoms with Crippen LogP contribution in [0.25, 0.3) is 0 Å². The van der Waals surface area contributed by atoms with Gasteiger partial charge < -0.3 is 29.6 Å². The van der Waals surface area contributed by atoms with Crippen molar-refractivity contribution in [3.05, 3.63) is 29.3 Å². The molecule has 0 amide bonds. The Morgan fingerprint density at radius 1 is 1.17 bits per heavy atom. The molecule has 0 aliphatic carbocycles. The van der Waals surface area contributed by atoms with Crippen molar-refractivity contribution >= 4 is 5.96 Å². The average molecular weight is 408 g/mol. The van der Waals surface area contributed by atoms with Crippen molar-refractivity contribution in [1.82, 2.24) is 10.6 Å². The fraction of sp³-hybridized carbons (Fsp3) is 0.682. The molecule has 2 rings (SSSR count). The van der Waals surface area contributed by atoms with Crippen LogP contribution in [0.4, 0.5) is 0 Å². The summed E-state index contributed by atoms with van der Waals surface area (Å²) in [4.78, 5) is 4.30. The van der Waals surface area contributed by atoms with Crippen molar-refractivity contribution in [1.29, 1.82) is 0 Å². The maximum atomic E-state index is 5.85. The second kappa shape index (κ2) is 14.2. The normalized spacial score (nSPS) is 15.3. The minimum atomic E-state index is 0.536. The molecule has 0 bridgehead atoms. The third kappa shape index (κ3) is 9.47. The number of benzene rings is 1. The molecule has 164 valence electrons. The molecule has 1 fully saturated rings. The van der Waals surface area contributed by atoms with E-state index >= 15 is 0 Å². The van der Waals surface area contributed by atoms with Gasteiger partial charge in [-0.3, -0.25) is 4.99 Å². The van der Waals surface area contributed by atoms with Crippen LogP contribution in [-0.4, -0.2) is 66.3 Å². The second-order valence-electron chi connectivity index (χ2n) is 7.29. The molecule has 0 spiro atoms. The molecule has 1 heterocycles. The van der Waals surface area contributed by atoms with Gasteiger partial charge in [0.1, 0.15) is 12.4 Å². The number of aryl methyl sites for hydroxylation is 1. The summed E-state index contributed by atoms with van der Waals surface area (Å²) in [5.41, 5.74) is 2.26. The van der Waals surface area contributed by atoms with Crippen LogP contribution in [0.2, 0.25) is 0 Å². The standard InChI is InChI=1S/C22H37N3O4/c1-18-5-6-20(21(15-18)29-14-13-26-3)16-25-22(23-2)24-9-4-10-28-17-19-7-11-27-12-8-19/h5-6,15,19H,4,7-14,16-17H2,1-3H3,(H2,23,24,25). The summed E-state index contributed by atoms with van der Waals surface area (Å²) < 4.78 is 22.1. The zero-order valence-corrected chi connectivity index (χ0v) is 18.2. The van der Waals surface area contributed by atoms with Crippen LogP contribution in [0.1, 0.15) is 30.4 Å². The van der Waals surface area contributed by atoms with Crippen LogP contribution < -0.4 is 15.4 Å². The summed E-state index contributed by atoms with van der Waals surface area (Å²) in [7, 11) is 3.45. The number of guanidine groups is 1. The number of nitrogens with zero attached hydrogens (tertiary/aromatic N) is 1. The van der Waals surface area contributed by atoms with E-state index in [9.17, 15) is 0 Å². The lowest BCUT2D eigenvalue weighted by atomic mass is 10.0. The number of ether oxygens (including phenoxy) is 4. The first-order valence-corrected chi connectivity index (χ1v) is 10.5. The van der Waals surface area contributed by atoms with Crippen LogP contribution in [0.15, 0.2) is 23.2 Å². The number of nitrogens with one attached hydrogen (secondary N) is 2. The van der Waals surface area contributed by atoms with Crippen molar-refractivity contribution in [2.75, 3.05) is 60.3 Å². The highest BCUT2D eigenvalue weighted by atomic mass is 16.5. The molecule has 0 atom stereocenters. The van der Waals surface area contributed by atoms with E-state index in [1.807, 2.05) is 0 Å². The SMILES string of the molecule is CN=C(NCCCOCC1CCOCC1)NCc1ccc(C)cc1OCCOC. The summed E-state index contributed by atoms with van der Waals surface area (Å²) in [5, 5.41) is 6.69. The smallest absolute Gasteiger partial charge is 0.191 e. The molecular weight excluding hydrogens is 370 g/mol. The van der Waals surface area contributed by atoms with Gasteiger partial charge in [-0.2, -0.15) is 0 Å². The van der Waals surface area contributed by atoms with Gasteiger partial charge in [0.2, 0.25) is 0 Å². The van der Waals surface area contributed by atoms with E-state index in [0.29, 0.717) is 25.7 Å². The summed E-state index contributed by atoms with van der Waals surface area (Å²) >= 11 is 0. The molecular formula is C22H37N3O4. The molecule has 2 N–H and O–H groups in total. The van der Waals surface area contributed by atoms with Crippen molar-refractivity contribution in [2.24, 2.45) is 10.9 Å². The summed E-state index contributed by atoms with van der Waals surface area (Å²) in [6, 6.07) is 6.23. The highest BCUT2D eigenvalue weighted by Gasteiger charge is 2.13. The number of hydrogen-bond acceptors (Lipinski definition) is 5. The molecule has 0 unspecified atom stereocenters. The Hall–Kier alpha value is -1.83. The molecule has 1 aliphatic rings. The van der Waals surface area contributed by atoms with E-state index in [4.69, 9.17) is 18.9 Å². The van der Waals surface area contributed by atoms with Crippen molar-refractivity contribution in [3.63, 3.8) is 0 Å². The third-order valence-corrected chi connectivity index (χ3v) is 4.89. The lowest BCUT2D eigenvalue weighted by Gasteiger charge is -2.21. The highest BCUT2D eigenvalue weighted by Crippen LogP contribution is 2.20. The van der Waals surface area contributed by atoms with Gasteiger partial charge in [0.05, 0.1) is 6.61 Å². The van der Waals surface area contributed by atoms with Gasteiger partial charge in [-0.15, -0.1) is 0 Å². The van der Waals surface area contributed by atoms with Crippen LogP contribution in [0.3, 0.4) is 0 Å². The maximum absolute atomic E-state index is 5.85. The van der Waals surface area contributed by atoms with Gasteiger partial charge in [0.25, 0.3) is 0 Å². The fourth-order valence-corrected chi connectivity index (χ4v) is 3.12. The Labute approximate surface area is 175 Å². The molecule has 7 nitrogen and oxygen atoms in total. The second-order valence-corrected chi connectivity index (χ2v) is 7.29. The van der Waals surface area contributed by atoms with Gasteiger partial charge >= 0.3 is 0 Å². The Bertz CT molecular complexity index is 604. The summed E-state index contributed by atoms with van der Waals surface area (Å²) in [6.07, 6.45) is 3.18. The van der Waals surface area contributed by atoms with E-state index in [-0.39, 0.29) is 0 Å². The van der Waals surface area contributed by atoms with Gasteiger partial charge in [-0.1, -0.05) is 12.1 Å². The van der Waals surface area contributed by atoms with Crippen LogP contribution in [0, 0.1) is 12.8 Å². The van der Waals surface area contributed by atoms with Gasteiger partial charge in [0, 0.05) is 59.2 Å². The zero-order chi connectivity index (χ0) is 20.7. The van der Waals surface area contributed by atoms with Crippen molar-refractivity contribution < 1.29 is 18.9 Å². The lowest BCUT2D eigenvalue weighted by molar-refractivity contribution is 0.0203. The molecule has 1 aliphatic heterocycles. The maximum Gasteiger partial charge on any atom is 0.191 e. The topological polar surface area (TPSA) is 73.3 Å². The van der Waals surface area contributed by atoms with E-state index < -0.39 is 0 Å². The number of rotatable bonds is 12. The molecule has 1 aromatic carbocycles. The summed E-state index contributed by atoms with van der Waals surface area (Å²) in [5.74, 6) is 2.31. The number of hydrogen-bond donors (Lipinski definition) is 2.